The van der Waals surface area contributed by atoms with E-state index in [1.807, 2.05) is 0 Å². The molecule has 1 aromatic heterocycles. The van der Waals surface area contributed by atoms with Gasteiger partial charge in [-0.2, -0.15) is 0 Å². The van der Waals surface area contributed by atoms with E-state index in [0.717, 1.165) is 6.07 Å². The minimum absolute atomic E-state index is 0.365. The van der Waals surface area contributed by atoms with Crippen molar-refractivity contribution in [2.75, 3.05) is 0 Å². The van der Waals surface area contributed by atoms with Crippen molar-refractivity contribution in [1.82, 2.24) is 0 Å². The molecular weight excluding hydrogens is 569 g/mol. The summed E-state index contributed by atoms with van der Waals surface area (Å²) in [6.45, 7) is 0. The van der Waals surface area contributed by atoms with Crippen molar-refractivity contribution in [3.63, 3.8) is 0 Å². The fourth-order valence-electron chi connectivity index (χ4n) is 5.89. The van der Waals surface area contributed by atoms with Crippen LogP contribution in [-0.2, 0) is 0 Å². The summed E-state index contributed by atoms with van der Waals surface area (Å²) in [6, 6.07) is -22.8. The fraction of sp³-hybridized carbons (Fsp3) is 0. The second-order valence-corrected chi connectivity index (χ2v) is 10.3. The highest BCUT2D eigenvalue weighted by Gasteiger charge is 2.19. The molecule has 0 atom stereocenters. The lowest BCUT2D eigenvalue weighted by Gasteiger charge is -2.19. The Labute approximate surface area is 309 Å². The molecule has 0 unspecified atom stereocenters. The van der Waals surface area contributed by atoms with Gasteiger partial charge in [0.25, 0.3) is 0 Å². The molecule has 10 rings (SSSR count). The standard InChI is InChI=1S/C46H28O/c1-2-14-31-28-43-41(27-30(31)13-1)46-35(23-11-25-42(46)47-43)32-16-9-17-33(26-32)44-37-19-5-7-21-39(37)45(40-22-8-6-20-38(40)44)36-24-10-15-29-12-3-4-18-34(29)36/h1-28H/i1D,2D,3D,4D,5D,6D,7D,8D,9D,10D,11D,12D,13D,14D,15D,16D,17D,18D,19D,20D,21D,22D,24D,25D,26D,27D,28D. The Morgan fingerprint density at radius 3 is 1.68 bits per heavy atom. The summed E-state index contributed by atoms with van der Waals surface area (Å²) in [7, 11) is 0. The van der Waals surface area contributed by atoms with Crippen LogP contribution < -0.4 is 0 Å². The predicted octanol–water partition coefficient (Wildman–Crippen LogP) is 13.2. The maximum absolute atomic E-state index is 10.0. The Kier molecular flexibility index (Phi) is 2.37. The van der Waals surface area contributed by atoms with Gasteiger partial charge in [-0.1, -0.05) is 145 Å². The Morgan fingerprint density at radius 1 is 0.362 bits per heavy atom. The molecule has 0 saturated heterocycles. The van der Waals surface area contributed by atoms with E-state index in [1.165, 1.54) is 0 Å². The minimum atomic E-state index is -1.03. The number of hydrogen-bond donors (Lipinski definition) is 0. The van der Waals surface area contributed by atoms with E-state index < -0.39 is 251 Å². The van der Waals surface area contributed by atoms with Crippen LogP contribution in [0.1, 0.15) is 37.0 Å². The number of benzene rings is 9. The minimum Gasteiger partial charge on any atom is -0.456 e. The molecule has 0 bridgehead atoms. The van der Waals surface area contributed by atoms with Crippen LogP contribution in [0.5, 0.6) is 0 Å². The molecule has 0 aliphatic carbocycles. The monoisotopic (exact) mass is 623 g/mol. The molecule has 10 aromatic rings. The van der Waals surface area contributed by atoms with Crippen molar-refractivity contribution >= 4 is 65.0 Å². The molecule has 0 spiro atoms. The van der Waals surface area contributed by atoms with Gasteiger partial charge in [-0.3, -0.25) is 0 Å². The van der Waals surface area contributed by atoms with Crippen molar-refractivity contribution in [3.8, 4) is 33.4 Å². The lowest BCUT2D eigenvalue weighted by molar-refractivity contribution is 0.669. The molecule has 0 radical (unpaired) electrons. The molecule has 47 heavy (non-hydrogen) atoms. The van der Waals surface area contributed by atoms with Crippen molar-refractivity contribution < 1.29 is 41.4 Å². The average Bonchev–Trinajstić information content (AvgIpc) is 3.78. The molecule has 1 nitrogen and oxygen atoms in total. The normalized spacial score (nSPS) is 19.9. The average molecular weight is 624 g/mol. The third kappa shape index (κ3) is 3.97. The Morgan fingerprint density at radius 2 is 0.936 bits per heavy atom. The summed E-state index contributed by atoms with van der Waals surface area (Å²) in [5.41, 5.74) is -5.14. The molecule has 0 aliphatic rings. The number of rotatable bonds is 3. The van der Waals surface area contributed by atoms with E-state index in [2.05, 4.69) is 0 Å². The van der Waals surface area contributed by atoms with E-state index in [4.69, 9.17) is 27.7 Å². The van der Waals surface area contributed by atoms with Gasteiger partial charge in [0.05, 0.1) is 37.0 Å². The van der Waals surface area contributed by atoms with E-state index in [-0.39, 0.29) is 10.8 Å². The zero-order valence-electron chi connectivity index (χ0n) is 50.5. The first-order valence-electron chi connectivity index (χ1n) is 27.5. The molecule has 1 heterocycles. The van der Waals surface area contributed by atoms with E-state index in [9.17, 15) is 13.7 Å². The van der Waals surface area contributed by atoms with Crippen LogP contribution in [0.4, 0.5) is 0 Å². The quantitative estimate of drug-likeness (QED) is 0.178. The van der Waals surface area contributed by atoms with Crippen LogP contribution in [0.25, 0.3) is 98.4 Å². The molecule has 0 fully saturated rings. The Bertz CT molecular complexity index is 4300. The van der Waals surface area contributed by atoms with Crippen LogP contribution in [0.2, 0.25) is 0 Å². The molecule has 0 amide bonds. The van der Waals surface area contributed by atoms with Gasteiger partial charge in [-0.15, -0.1) is 0 Å². The molecule has 0 aliphatic heterocycles. The van der Waals surface area contributed by atoms with Crippen molar-refractivity contribution in [2.45, 2.75) is 0 Å². The first-order chi connectivity index (χ1) is 34.6. The third-order valence-corrected chi connectivity index (χ3v) is 7.84. The SMILES string of the molecule is [2H]c1cc(-c2c([2H])c([2H])c([2H])c(-c3c4c([2H])c([2H])c([2H])c([2H])c4c(-c4c([2H])c([2H])c([2H])c5c([2H])c([2H])c([2H])c([2H])c45)c4c([2H])c([2H])c([2H])c([2H])c34)c2[2H])c2c(oc3c([2H])c4c([2H])c([2H])c([2H])c([2H])c4c([2H])c32)c1[2H]. The summed E-state index contributed by atoms with van der Waals surface area (Å²) >= 11 is 0. The summed E-state index contributed by atoms with van der Waals surface area (Å²) < 4.78 is 249. The third-order valence-electron chi connectivity index (χ3n) is 7.84. The zero-order chi connectivity index (χ0) is 54.4. The fourth-order valence-corrected chi connectivity index (χ4v) is 5.89. The molecule has 0 saturated carbocycles. The van der Waals surface area contributed by atoms with Crippen LogP contribution in [0.3, 0.4) is 0 Å². The maximum atomic E-state index is 10.0. The smallest absolute Gasteiger partial charge is 0.136 e. The van der Waals surface area contributed by atoms with Gasteiger partial charge < -0.3 is 4.42 Å². The maximum Gasteiger partial charge on any atom is 0.136 e. The second kappa shape index (κ2) is 10.2. The van der Waals surface area contributed by atoms with Crippen LogP contribution in [0.15, 0.2) is 174 Å². The first-order valence-corrected chi connectivity index (χ1v) is 14.0. The highest BCUT2D eigenvalue weighted by atomic mass is 16.3. The largest absolute Gasteiger partial charge is 0.456 e. The summed E-state index contributed by atoms with van der Waals surface area (Å²) in [5, 5.41) is -5.83. The Hall–Kier alpha value is -6.18. The molecule has 218 valence electrons. The van der Waals surface area contributed by atoms with Gasteiger partial charge in [0.15, 0.2) is 0 Å². The molecule has 1 heteroatoms. The van der Waals surface area contributed by atoms with Crippen molar-refractivity contribution in [1.29, 1.82) is 0 Å². The first kappa shape index (κ1) is 11.0. The Balaban J connectivity index is 1.50. The van der Waals surface area contributed by atoms with Gasteiger partial charge in [0.1, 0.15) is 11.2 Å². The number of hydrogen-bond acceptors (Lipinski definition) is 1. The zero-order valence-corrected chi connectivity index (χ0v) is 23.5. The molecular formula is C46H28O. The van der Waals surface area contributed by atoms with Gasteiger partial charge in [-0.25, -0.2) is 0 Å². The number of fused-ring (bicyclic) bond motifs is 7. The summed E-state index contributed by atoms with van der Waals surface area (Å²) in [6.07, 6.45) is 0. The van der Waals surface area contributed by atoms with E-state index >= 15 is 0 Å². The van der Waals surface area contributed by atoms with Crippen LogP contribution in [0, 0.1) is 0 Å². The van der Waals surface area contributed by atoms with Crippen molar-refractivity contribution in [3.05, 3.63) is 169 Å². The van der Waals surface area contributed by atoms with E-state index in [0.29, 0.717) is 0 Å². The lowest BCUT2D eigenvalue weighted by atomic mass is 9.84. The molecule has 9 aromatic carbocycles. The van der Waals surface area contributed by atoms with Gasteiger partial charge in [-0.05, 0) is 101 Å². The topological polar surface area (TPSA) is 13.1 Å². The van der Waals surface area contributed by atoms with Gasteiger partial charge >= 0.3 is 0 Å². The summed E-state index contributed by atoms with van der Waals surface area (Å²) in [4.78, 5) is 0. The summed E-state index contributed by atoms with van der Waals surface area (Å²) in [5.74, 6) is 0. The van der Waals surface area contributed by atoms with Crippen LogP contribution in [-0.4, -0.2) is 0 Å². The van der Waals surface area contributed by atoms with Crippen LogP contribution >= 0.6 is 0 Å². The second-order valence-electron chi connectivity index (χ2n) is 10.3. The van der Waals surface area contributed by atoms with Crippen molar-refractivity contribution in [2.24, 2.45) is 0 Å². The number of furan rings is 1. The molecule has 0 N–H and O–H groups in total. The highest BCUT2D eigenvalue weighted by molar-refractivity contribution is 6.24. The van der Waals surface area contributed by atoms with Gasteiger partial charge in [0.2, 0.25) is 0 Å². The predicted molar refractivity (Wildman–Crippen MR) is 200 cm³/mol. The van der Waals surface area contributed by atoms with E-state index in [1.54, 1.807) is 0 Å². The lowest BCUT2D eigenvalue weighted by Crippen LogP contribution is -1.92. The van der Waals surface area contributed by atoms with Gasteiger partial charge in [0, 0.05) is 10.8 Å². The highest BCUT2D eigenvalue weighted by Crippen LogP contribution is 2.46.